The topological polar surface area (TPSA) is 46.2 Å². The van der Waals surface area contributed by atoms with Crippen LogP contribution in [0.25, 0.3) is 0 Å². The summed E-state index contributed by atoms with van der Waals surface area (Å²) < 4.78 is 0. The fourth-order valence-electron chi connectivity index (χ4n) is 1.21. The Morgan fingerprint density at radius 1 is 1.06 bits per heavy atom. The summed E-state index contributed by atoms with van der Waals surface area (Å²) in [7, 11) is 0. The fourth-order valence-corrected chi connectivity index (χ4v) is 1.43. The molecule has 0 saturated carbocycles. The molecule has 0 saturated heterocycles. The first kappa shape index (κ1) is 18.6. The molecular weight excluding hydrogens is 218 g/mol. The highest BCUT2D eigenvalue weighted by Gasteiger charge is 2.20. The van der Waals surface area contributed by atoms with E-state index in [9.17, 15) is 5.11 Å². The van der Waals surface area contributed by atoms with Crippen molar-refractivity contribution >= 4 is 12.6 Å². The monoisotopic (exact) mass is 249 g/mol. The van der Waals surface area contributed by atoms with Crippen LogP contribution in [0.5, 0.6) is 0 Å². The number of rotatable bonds is 5. The number of aliphatic hydroxyl groups is 1. The van der Waals surface area contributed by atoms with Crippen LogP contribution in [0.15, 0.2) is 0 Å². The van der Waals surface area contributed by atoms with Gasteiger partial charge >= 0.3 is 0 Å². The van der Waals surface area contributed by atoms with E-state index < -0.39 is 6.10 Å². The lowest BCUT2D eigenvalue weighted by molar-refractivity contribution is 0.0920. The molecule has 2 nitrogen and oxygen atoms in total. The van der Waals surface area contributed by atoms with Crippen LogP contribution in [0.4, 0.5) is 0 Å². The maximum Gasteiger partial charge on any atom is 0.0724 e. The Bertz CT molecular complexity index is 148. The van der Waals surface area contributed by atoms with Gasteiger partial charge in [0, 0.05) is 6.04 Å². The molecule has 3 unspecified atom stereocenters. The fraction of sp³-hybridized carbons (Fsp3) is 1.00. The van der Waals surface area contributed by atoms with Crippen molar-refractivity contribution in [3.05, 3.63) is 0 Å². The summed E-state index contributed by atoms with van der Waals surface area (Å²) in [5.41, 5.74) is 5.81. The van der Waals surface area contributed by atoms with Gasteiger partial charge < -0.3 is 10.8 Å². The van der Waals surface area contributed by atoms with E-state index in [1.165, 1.54) is 0 Å². The van der Waals surface area contributed by atoms with Crippen molar-refractivity contribution in [3.63, 3.8) is 0 Å². The first-order chi connectivity index (χ1) is 7.22. The third-order valence-electron chi connectivity index (χ3n) is 2.05. The van der Waals surface area contributed by atoms with Crippen molar-refractivity contribution in [2.45, 2.75) is 60.1 Å². The van der Waals surface area contributed by atoms with Crippen LogP contribution in [0.3, 0.4) is 0 Å². The van der Waals surface area contributed by atoms with Gasteiger partial charge in [0.1, 0.15) is 0 Å². The molecule has 0 aromatic carbocycles. The van der Waals surface area contributed by atoms with Crippen molar-refractivity contribution < 1.29 is 5.11 Å². The highest BCUT2D eigenvalue weighted by molar-refractivity contribution is 7.80. The second-order valence-electron chi connectivity index (χ2n) is 5.68. The van der Waals surface area contributed by atoms with Crippen LogP contribution in [0.2, 0.25) is 0 Å². The predicted molar refractivity (Wildman–Crippen MR) is 77.0 cm³/mol. The first-order valence-electron chi connectivity index (χ1n) is 6.26. The normalized spacial score (nSPS) is 16.7. The number of nitrogens with two attached hydrogens (primary N) is 1. The zero-order chi connectivity index (χ0) is 13.3. The lowest BCUT2D eigenvalue weighted by atomic mass is 9.93. The third kappa shape index (κ3) is 12.3. The average Bonchev–Trinajstić information content (AvgIpc) is 2.13. The van der Waals surface area contributed by atoms with Crippen LogP contribution >= 0.6 is 12.6 Å². The van der Waals surface area contributed by atoms with E-state index >= 15 is 0 Å². The number of hydrogen-bond acceptors (Lipinski definition) is 3. The Labute approximate surface area is 107 Å². The van der Waals surface area contributed by atoms with Crippen LogP contribution in [-0.4, -0.2) is 23.0 Å². The summed E-state index contributed by atoms with van der Waals surface area (Å²) in [5.74, 6) is 2.25. The minimum atomic E-state index is -0.412. The maximum absolute atomic E-state index is 9.66. The van der Waals surface area contributed by atoms with Gasteiger partial charge in [0.15, 0.2) is 0 Å². The van der Waals surface area contributed by atoms with Crippen molar-refractivity contribution in [1.29, 1.82) is 0 Å². The SMILES string of the molecule is CC(C)C.CC(C)CC(N)C(O)C(C)CS. The van der Waals surface area contributed by atoms with E-state index in [1.54, 1.807) is 0 Å². The molecular formula is C13H31NOS. The zero-order valence-electron chi connectivity index (χ0n) is 11.8. The minimum Gasteiger partial charge on any atom is -0.391 e. The summed E-state index contributed by atoms with van der Waals surface area (Å²) in [4.78, 5) is 0. The molecule has 3 atom stereocenters. The standard InChI is InChI=1S/C9H21NOS.C4H10/c1-6(2)4-8(10)9(11)7(3)5-12;1-4(2)3/h6-9,11-12H,4-5,10H2,1-3H3;4H,1-3H3. The molecule has 0 bridgehead atoms. The van der Waals surface area contributed by atoms with Gasteiger partial charge in [-0.2, -0.15) is 12.6 Å². The van der Waals surface area contributed by atoms with Crippen molar-refractivity contribution in [2.24, 2.45) is 23.5 Å². The third-order valence-corrected chi connectivity index (χ3v) is 2.63. The molecule has 0 rings (SSSR count). The number of aliphatic hydroxyl groups excluding tert-OH is 1. The number of hydrogen-bond donors (Lipinski definition) is 3. The molecule has 0 aromatic rings. The highest BCUT2D eigenvalue weighted by Crippen LogP contribution is 2.13. The molecule has 0 radical (unpaired) electrons. The quantitative estimate of drug-likeness (QED) is 0.656. The van der Waals surface area contributed by atoms with Gasteiger partial charge in [-0.25, -0.2) is 0 Å². The largest absolute Gasteiger partial charge is 0.391 e. The number of thiol groups is 1. The Kier molecular flexibility index (Phi) is 12.1. The second-order valence-corrected chi connectivity index (χ2v) is 6.04. The predicted octanol–water partition coefficient (Wildman–Crippen LogP) is 2.95. The van der Waals surface area contributed by atoms with Gasteiger partial charge in [0.25, 0.3) is 0 Å². The van der Waals surface area contributed by atoms with E-state index in [2.05, 4.69) is 47.2 Å². The molecule has 0 aromatic heterocycles. The summed E-state index contributed by atoms with van der Waals surface area (Å²) in [6.45, 7) is 12.7. The highest BCUT2D eigenvalue weighted by atomic mass is 32.1. The van der Waals surface area contributed by atoms with E-state index in [0.717, 1.165) is 12.3 Å². The Hall–Kier alpha value is 0.270. The molecule has 0 aliphatic carbocycles. The average molecular weight is 249 g/mol. The lowest BCUT2D eigenvalue weighted by Gasteiger charge is -2.24. The summed E-state index contributed by atoms with van der Waals surface area (Å²) in [6, 6.07) is -0.104. The first-order valence-corrected chi connectivity index (χ1v) is 6.90. The van der Waals surface area contributed by atoms with Gasteiger partial charge in [-0.1, -0.05) is 41.5 Å². The van der Waals surface area contributed by atoms with Gasteiger partial charge in [-0.15, -0.1) is 0 Å². The molecule has 0 aliphatic heterocycles. The smallest absolute Gasteiger partial charge is 0.0724 e. The Morgan fingerprint density at radius 3 is 1.69 bits per heavy atom. The lowest BCUT2D eigenvalue weighted by Crippen LogP contribution is -2.40. The van der Waals surface area contributed by atoms with Crippen molar-refractivity contribution in [2.75, 3.05) is 5.75 Å². The van der Waals surface area contributed by atoms with Crippen LogP contribution in [0, 0.1) is 17.8 Å². The van der Waals surface area contributed by atoms with E-state index in [1.807, 2.05) is 6.92 Å². The maximum atomic E-state index is 9.66. The summed E-state index contributed by atoms with van der Waals surface area (Å²) in [6.07, 6.45) is 0.462. The Balaban J connectivity index is 0. The second kappa shape index (κ2) is 10.4. The molecule has 3 heteroatoms. The summed E-state index contributed by atoms with van der Waals surface area (Å²) >= 11 is 4.12. The molecule has 0 aliphatic rings. The van der Waals surface area contributed by atoms with Crippen LogP contribution in [0.1, 0.15) is 48.0 Å². The van der Waals surface area contributed by atoms with E-state index in [0.29, 0.717) is 11.7 Å². The zero-order valence-corrected chi connectivity index (χ0v) is 12.7. The van der Waals surface area contributed by atoms with Crippen LogP contribution in [-0.2, 0) is 0 Å². The van der Waals surface area contributed by atoms with E-state index in [4.69, 9.17) is 5.73 Å². The van der Waals surface area contributed by atoms with Gasteiger partial charge in [0.05, 0.1) is 6.10 Å². The van der Waals surface area contributed by atoms with Crippen LogP contribution < -0.4 is 5.73 Å². The summed E-state index contributed by atoms with van der Waals surface area (Å²) in [5, 5.41) is 9.66. The van der Waals surface area contributed by atoms with Crippen molar-refractivity contribution in [3.8, 4) is 0 Å². The molecule has 0 amide bonds. The molecule has 0 heterocycles. The van der Waals surface area contributed by atoms with Crippen molar-refractivity contribution in [1.82, 2.24) is 0 Å². The van der Waals surface area contributed by atoms with E-state index in [-0.39, 0.29) is 12.0 Å². The van der Waals surface area contributed by atoms with Gasteiger partial charge in [0.2, 0.25) is 0 Å². The van der Waals surface area contributed by atoms with Gasteiger partial charge in [-0.3, -0.25) is 0 Å². The Morgan fingerprint density at radius 2 is 1.44 bits per heavy atom. The molecule has 0 spiro atoms. The molecule has 100 valence electrons. The molecule has 3 N–H and O–H groups in total. The molecule has 0 fully saturated rings. The minimum absolute atomic E-state index is 0.104. The van der Waals surface area contributed by atoms with Gasteiger partial charge in [-0.05, 0) is 29.9 Å². The molecule has 16 heavy (non-hydrogen) atoms.